The van der Waals surface area contributed by atoms with E-state index in [1.807, 2.05) is 24.3 Å². The maximum atomic E-state index is 13.6. The second-order valence-corrected chi connectivity index (χ2v) is 10.5. The number of Topliss-reactive ketones (excluding diaryl/α,β-unsaturated/α-hetero) is 1. The largest absolute Gasteiger partial charge is 0.451 e. The Labute approximate surface area is 208 Å². The number of carbonyl (C=O) groups excluding carboxylic acids is 3. The van der Waals surface area contributed by atoms with Crippen LogP contribution in [0, 0.1) is 0 Å². The van der Waals surface area contributed by atoms with Gasteiger partial charge in [-0.15, -0.1) is 11.3 Å². The van der Waals surface area contributed by atoms with E-state index in [2.05, 4.69) is 33.9 Å². The highest BCUT2D eigenvalue weighted by atomic mass is 32.1. The Hall–Kier alpha value is -3.13. The van der Waals surface area contributed by atoms with Gasteiger partial charge < -0.3 is 20.0 Å². The Morgan fingerprint density at radius 2 is 1.97 bits per heavy atom. The molecule has 1 unspecified atom stereocenters. The zero-order valence-corrected chi connectivity index (χ0v) is 20.8. The van der Waals surface area contributed by atoms with Crippen LogP contribution in [0.25, 0.3) is 11.0 Å². The lowest BCUT2D eigenvalue weighted by molar-refractivity contribution is -0.133. The average Bonchev–Trinajstić information content (AvgIpc) is 3.53. The van der Waals surface area contributed by atoms with E-state index in [9.17, 15) is 14.4 Å². The number of hydrogen-bond donors (Lipinski definition) is 2. The van der Waals surface area contributed by atoms with Crippen LogP contribution in [0.2, 0.25) is 0 Å². The van der Waals surface area contributed by atoms with Crippen molar-refractivity contribution >= 4 is 45.6 Å². The van der Waals surface area contributed by atoms with Crippen molar-refractivity contribution in [3.05, 3.63) is 52.4 Å². The standard InChI is InChI=1S/C27H31N3O4S/c1-2-24-20(11-15-35-24)30-14-10-19(21(31)17-30)28-26(33)27(12-6-3-7-13-27)29-25(32)23-16-18-8-4-5-9-22(18)34-23/h4-5,8-9,11,15-16,19H,2-3,6-7,10,12-14,17H2,1H3,(H,28,33)(H,29,32). The summed E-state index contributed by atoms with van der Waals surface area (Å²) in [5.41, 5.74) is 0.723. The molecule has 1 aromatic carbocycles. The highest BCUT2D eigenvalue weighted by Gasteiger charge is 2.43. The molecule has 2 amide bonds. The molecular formula is C27H31N3O4S. The van der Waals surface area contributed by atoms with E-state index in [-0.39, 0.29) is 24.0 Å². The minimum Gasteiger partial charge on any atom is -0.451 e. The normalized spacial score (nSPS) is 20.1. The van der Waals surface area contributed by atoms with Crippen molar-refractivity contribution in [2.24, 2.45) is 0 Å². The molecule has 3 aromatic rings. The van der Waals surface area contributed by atoms with Gasteiger partial charge in [0.2, 0.25) is 5.91 Å². The zero-order valence-electron chi connectivity index (χ0n) is 20.0. The van der Waals surface area contributed by atoms with Gasteiger partial charge in [-0.05, 0) is 49.3 Å². The molecule has 2 fully saturated rings. The molecule has 7 nitrogen and oxygen atoms in total. The van der Waals surface area contributed by atoms with E-state index in [1.54, 1.807) is 17.4 Å². The van der Waals surface area contributed by atoms with E-state index in [0.29, 0.717) is 31.4 Å². The smallest absolute Gasteiger partial charge is 0.287 e. The summed E-state index contributed by atoms with van der Waals surface area (Å²) < 4.78 is 5.73. The molecule has 0 bridgehead atoms. The van der Waals surface area contributed by atoms with Gasteiger partial charge in [-0.25, -0.2) is 0 Å². The highest BCUT2D eigenvalue weighted by Crippen LogP contribution is 2.31. The molecule has 2 aromatic heterocycles. The topological polar surface area (TPSA) is 91.7 Å². The van der Waals surface area contributed by atoms with Gasteiger partial charge in [0.25, 0.3) is 5.91 Å². The van der Waals surface area contributed by atoms with Crippen LogP contribution < -0.4 is 15.5 Å². The first-order valence-electron chi connectivity index (χ1n) is 12.5. The second-order valence-electron chi connectivity index (χ2n) is 9.53. The summed E-state index contributed by atoms with van der Waals surface area (Å²) in [5, 5.41) is 8.90. The van der Waals surface area contributed by atoms with E-state index < -0.39 is 17.5 Å². The molecule has 2 N–H and O–H groups in total. The Morgan fingerprint density at radius 1 is 1.17 bits per heavy atom. The summed E-state index contributed by atoms with van der Waals surface area (Å²) in [6, 6.07) is 10.7. The highest BCUT2D eigenvalue weighted by molar-refractivity contribution is 7.10. The van der Waals surface area contributed by atoms with E-state index in [0.717, 1.165) is 36.8 Å². The maximum Gasteiger partial charge on any atom is 0.287 e. The fourth-order valence-corrected chi connectivity index (χ4v) is 6.14. The number of piperidine rings is 1. The van der Waals surface area contributed by atoms with Crippen LogP contribution in [0.4, 0.5) is 5.69 Å². The van der Waals surface area contributed by atoms with Gasteiger partial charge in [0.15, 0.2) is 11.5 Å². The molecule has 5 rings (SSSR count). The molecule has 1 aliphatic carbocycles. The molecule has 0 spiro atoms. The van der Waals surface area contributed by atoms with Crippen molar-refractivity contribution in [1.29, 1.82) is 0 Å². The number of fused-ring (bicyclic) bond motifs is 1. The summed E-state index contributed by atoms with van der Waals surface area (Å²) in [5.74, 6) is -0.467. The first-order valence-corrected chi connectivity index (χ1v) is 13.3. The first kappa shape index (κ1) is 23.6. The Bertz CT molecular complexity index is 1210. The van der Waals surface area contributed by atoms with Crippen LogP contribution in [-0.2, 0) is 16.0 Å². The van der Waals surface area contributed by atoms with Crippen molar-refractivity contribution in [2.75, 3.05) is 18.0 Å². The molecule has 184 valence electrons. The van der Waals surface area contributed by atoms with Crippen molar-refractivity contribution in [2.45, 2.75) is 63.5 Å². The number of aryl methyl sites for hydroxylation is 1. The number of hydrogen-bond acceptors (Lipinski definition) is 6. The lowest BCUT2D eigenvalue weighted by Gasteiger charge is -2.39. The summed E-state index contributed by atoms with van der Waals surface area (Å²) in [7, 11) is 0. The lowest BCUT2D eigenvalue weighted by atomic mass is 9.80. The molecule has 1 saturated carbocycles. The van der Waals surface area contributed by atoms with Gasteiger partial charge in [-0.1, -0.05) is 44.4 Å². The minimum absolute atomic E-state index is 0.00687. The van der Waals surface area contributed by atoms with Crippen LogP contribution in [0.15, 0.2) is 46.2 Å². The van der Waals surface area contributed by atoms with Crippen molar-refractivity contribution in [1.82, 2.24) is 10.6 Å². The zero-order chi connectivity index (χ0) is 24.4. The fourth-order valence-electron chi connectivity index (χ4n) is 5.29. The second kappa shape index (κ2) is 9.85. The number of amides is 2. The third-order valence-corrected chi connectivity index (χ3v) is 8.31. The Balaban J connectivity index is 1.28. The van der Waals surface area contributed by atoms with Crippen LogP contribution >= 0.6 is 11.3 Å². The quantitative estimate of drug-likeness (QED) is 0.529. The number of nitrogens with zero attached hydrogens (tertiary/aromatic N) is 1. The fraction of sp³-hybridized carbons (Fsp3) is 0.444. The summed E-state index contributed by atoms with van der Waals surface area (Å²) in [4.78, 5) is 43.1. The van der Waals surface area contributed by atoms with E-state index in [4.69, 9.17) is 4.42 Å². The molecule has 3 heterocycles. The molecule has 1 atom stereocenters. The minimum atomic E-state index is -1.03. The Kier molecular flexibility index (Phi) is 6.65. The number of thiophene rings is 1. The predicted octanol–water partition coefficient (Wildman–Crippen LogP) is 4.45. The molecule has 35 heavy (non-hydrogen) atoms. The SMILES string of the molecule is CCc1sccc1N1CCC(NC(=O)C2(NC(=O)c3cc4ccccc4o3)CCCCC2)C(=O)C1. The monoisotopic (exact) mass is 493 g/mol. The first-order chi connectivity index (χ1) is 17.0. The summed E-state index contributed by atoms with van der Waals surface area (Å²) in [6.45, 7) is 3.11. The summed E-state index contributed by atoms with van der Waals surface area (Å²) in [6.07, 6.45) is 5.30. The molecule has 2 aliphatic rings. The predicted molar refractivity (Wildman–Crippen MR) is 137 cm³/mol. The number of ketones is 1. The van der Waals surface area contributed by atoms with Crippen molar-refractivity contribution in [3.8, 4) is 0 Å². The van der Waals surface area contributed by atoms with Gasteiger partial charge in [0.1, 0.15) is 11.1 Å². The van der Waals surface area contributed by atoms with E-state index in [1.165, 1.54) is 4.88 Å². The number of carbonyl (C=O) groups is 3. The number of rotatable bonds is 6. The molecule has 0 radical (unpaired) electrons. The lowest BCUT2D eigenvalue weighted by Crippen LogP contribution is -2.63. The maximum absolute atomic E-state index is 13.6. The van der Waals surface area contributed by atoms with Crippen LogP contribution in [0.3, 0.4) is 0 Å². The molecule has 8 heteroatoms. The third kappa shape index (κ3) is 4.72. The number of nitrogens with one attached hydrogen (secondary N) is 2. The molecule has 1 saturated heterocycles. The number of benzene rings is 1. The number of anilines is 1. The van der Waals surface area contributed by atoms with E-state index >= 15 is 0 Å². The van der Waals surface area contributed by atoms with Gasteiger partial charge in [-0.2, -0.15) is 0 Å². The van der Waals surface area contributed by atoms with Crippen LogP contribution in [0.1, 0.15) is 60.9 Å². The van der Waals surface area contributed by atoms with Gasteiger partial charge >= 0.3 is 0 Å². The van der Waals surface area contributed by atoms with Gasteiger partial charge in [0, 0.05) is 16.8 Å². The van der Waals surface area contributed by atoms with Crippen molar-refractivity contribution in [3.63, 3.8) is 0 Å². The third-order valence-electron chi connectivity index (χ3n) is 7.26. The average molecular weight is 494 g/mol. The number of furan rings is 1. The van der Waals surface area contributed by atoms with Crippen molar-refractivity contribution < 1.29 is 18.8 Å². The van der Waals surface area contributed by atoms with Gasteiger partial charge in [-0.3, -0.25) is 14.4 Å². The Morgan fingerprint density at radius 3 is 2.71 bits per heavy atom. The summed E-state index contributed by atoms with van der Waals surface area (Å²) >= 11 is 1.71. The van der Waals surface area contributed by atoms with Crippen LogP contribution in [0.5, 0.6) is 0 Å². The molecule has 1 aliphatic heterocycles. The molecular weight excluding hydrogens is 462 g/mol. The van der Waals surface area contributed by atoms with Crippen LogP contribution in [-0.4, -0.2) is 42.3 Å². The van der Waals surface area contributed by atoms with Gasteiger partial charge in [0.05, 0.1) is 18.3 Å². The number of para-hydroxylation sites is 1.